The van der Waals surface area contributed by atoms with Crippen molar-refractivity contribution in [3.05, 3.63) is 0 Å². The van der Waals surface area contributed by atoms with Crippen LogP contribution in [0.3, 0.4) is 0 Å². The lowest BCUT2D eigenvalue weighted by molar-refractivity contribution is -0.167. The van der Waals surface area contributed by atoms with E-state index in [0.29, 0.717) is 19.3 Å². The molecule has 1 atom stereocenters. The van der Waals surface area contributed by atoms with Gasteiger partial charge in [0.15, 0.2) is 6.10 Å². The van der Waals surface area contributed by atoms with Gasteiger partial charge in [0.2, 0.25) is 0 Å². The molecule has 0 bridgehead atoms. The second-order valence-corrected chi connectivity index (χ2v) is 20.2. The van der Waals surface area contributed by atoms with Crippen LogP contribution in [0.25, 0.3) is 0 Å². The van der Waals surface area contributed by atoms with Gasteiger partial charge in [-0.05, 0) is 31.1 Å². The van der Waals surface area contributed by atoms with E-state index in [1.54, 1.807) is 0 Å². The van der Waals surface area contributed by atoms with Crippen LogP contribution in [0.5, 0.6) is 0 Å². The summed E-state index contributed by atoms with van der Waals surface area (Å²) in [5.41, 5.74) is 0. The Hall–Kier alpha value is -1.59. The van der Waals surface area contributed by atoms with Gasteiger partial charge in [0.05, 0.1) is 0 Å². The van der Waals surface area contributed by atoms with Gasteiger partial charge in [0.25, 0.3) is 0 Å². The molecule has 0 aliphatic heterocycles. The number of unbranched alkanes of at least 4 members (excludes halogenated alkanes) is 35. The van der Waals surface area contributed by atoms with Gasteiger partial charge >= 0.3 is 17.9 Å². The van der Waals surface area contributed by atoms with Gasteiger partial charge in [-0.1, -0.05) is 272 Å². The third kappa shape index (κ3) is 49.4. The van der Waals surface area contributed by atoms with Gasteiger partial charge in [0.1, 0.15) is 13.2 Å². The van der Waals surface area contributed by atoms with Crippen molar-refractivity contribution in [3.8, 4) is 0 Å². The van der Waals surface area contributed by atoms with E-state index < -0.39 is 6.10 Å². The largest absolute Gasteiger partial charge is 0.462 e. The minimum Gasteiger partial charge on any atom is -0.462 e. The predicted molar refractivity (Wildman–Crippen MR) is 266 cm³/mol. The highest BCUT2D eigenvalue weighted by Gasteiger charge is 2.19. The summed E-state index contributed by atoms with van der Waals surface area (Å²) < 4.78 is 16.9. The first-order chi connectivity index (χ1) is 30.2. The highest BCUT2D eigenvalue weighted by Crippen LogP contribution is 2.18. The van der Waals surface area contributed by atoms with E-state index in [1.807, 2.05) is 0 Å². The number of hydrogen-bond acceptors (Lipinski definition) is 6. The van der Waals surface area contributed by atoms with Crippen LogP contribution in [0.4, 0.5) is 0 Å². The number of carbonyl (C=O) groups is 3. The van der Waals surface area contributed by atoms with Crippen molar-refractivity contribution in [2.75, 3.05) is 13.2 Å². The summed E-state index contributed by atoms with van der Waals surface area (Å²) in [6.07, 6.45) is 50.9. The number of hydrogen-bond donors (Lipinski definition) is 0. The first kappa shape index (κ1) is 60.4. The van der Waals surface area contributed by atoms with Crippen LogP contribution in [-0.2, 0) is 28.6 Å². The molecule has 0 aromatic rings. The summed E-state index contributed by atoms with van der Waals surface area (Å²) in [6, 6.07) is 0. The molecular formula is C56H108O6. The van der Waals surface area contributed by atoms with Crippen molar-refractivity contribution in [1.29, 1.82) is 0 Å². The second kappa shape index (κ2) is 48.9. The summed E-state index contributed by atoms with van der Waals surface area (Å²) in [4.78, 5) is 38.1. The standard InChI is InChI=1S/C56H108O6/c1-6-7-8-9-10-11-12-15-21-26-31-36-41-46-54(57)60-49-53(62-56(59)48-43-38-33-28-23-18-20-25-30-35-40-45-52(4)5)50-61-55(58)47-42-37-32-27-22-17-14-13-16-19-24-29-34-39-44-51(2)3/h51-53H,6-50H2,1-5H3/t53-/m0/s1. The van der Waals surface area contributed by atoms with Crippen molar-refractivity contribution in [2.45, 2.75) is 317 Å². The first-order valence-electron chi connectivity index (χ1n) is 27.7. The molecule has 0 heterocycles. The van der Waals surface area contributed by atoms with Crippen LogP contribution in [0.2, 0.25) is 0 Å². The molecule has 0 saturated carbocycles. The van der Waals surface area contributed by atoms with Crippen LogP contribution < -0.4 is 0 Å². The monoisotopic (exact) mass is 877 g/mol. The fraction of sp³-hybridized carbons (Fsp3) is 0.946. The average Bonchev–Trinajstić information content (AvgIpc) is 3.24. The number of rotatable bonds is 50. The zero-order chi connectivity index (χ0) is 45.4. The van der Waals surface area contributed by atoms with Crippen molar-refractivity contribution in [3.63, 3.8) is 0 Å². The molecule has 0 amide bonds. The minimum absolute atomic E-state index is 0.0630. The van der Waals surface area contributed by atoms with Gasteiger partial charge in [-0.25, -0.2) is 0 Å². The summed E-state index contributed by atoms with van der Waals surface area (Å²) in [5, 5.41) is 0. The Kier molecular flexibility index (Phi) is 47.6. The fourth-order valence-corrected chi connectivity index (χ4v) is 8.52. The van der Waals surface area contributed by atoms with E-state index in [9.17, 15) is 14.4 Å². The Labute approximate surface area is 387 Å². The van der Waals surface area contributed by atoms with Crippen molar-refractivity contribution in [1.82, 2.24) is 0 Å². The van der Waals surface area contributed by atoms with E-state index in [2.05, 4.69) is 34.6 Å². The molecule has 0 N–H and O–H groups in total. The molecule has 0 aliphatic carbocycles. The maximum Gasteiger partial charge on any atom is 0.306 e. The van der Waals surface area contributed by atoms with E-state index in [1.165, 1.54) is 199 Å². The van der Waals surface area contributed by atoms with Crippen molar-refractivity contribution < 1.29 is 28.6 Å². The second-order valence-electron chi connectivity index (χ2n) is 20.2. The SMILES string of the molecule is CCCCCCCCCCCCCCCC(=O)OC[C@@H](COC(=O)CCCCCCCCCCCCCCCCC(C)C)OC(=O)CCCCCCCCCCCCCC(C)C. The van der Waals surface area contributed by atoms with Crippen LogP contribution in [0.15, 0.2) is 0 Å². The van der Waals surface area contributed by atoms with Gasteiger partial charge in [-0.2, -0.15) is 0 Å². The molecule has 6 nitrogen and oxygen atoms in total. The molecular weight excluding hydrogens is 769 g/mol. The molecule has 0 fully saturated rings. The van der Waals surface area contributed by atoms with Gasteiger partial charge in [-0.15, -0.1) is 0 Å². The van der Waals surface area contributed by atoms with Crippen LogP contribution in [0, 0.1) is 11.8 Å². The van der Waals surface area contributed by atoms with Crippen LogP contribution >= 0.6 is 0 Å². The number of esters is 3. The summed E-state index contributed by atoms with van der Waals surface area (Å²) in [6.45, 7) is 11.4. The zero-order valence-electron chi connectivity index (χ0n) is 42.5. The Morgan fingerprint density at radius 1 is 0.306 bits per heavy atom. The molecule has 0 radical (unpaired) electrons. The van der Waals surface area contributed by atoms with Gasteiger partial charge < -0.3 is 14.2 Å². The number of carbonyl (C=O) groups excluding carboxylic acids is 3. The van der Waals surface area contributed by atoms with Gasteiger partial charge in [-0.3, -0.25) is 14.4 Å². The average molecular weight is 877 g/mol. The van der Waals surface area contributed by atoms with Crippen LogP contribution in [0.1, 0.15) is 311 Å². The van der Waals surface area contributed by atoms with Crippen molar-refractivity contribution in [2.24, 2.45) is 11.8 Å². The van der Waals surface area contributed by atoms with Gasteiger partial charge in [0, 0.05) is 19.3 Å². The maximum atomic E-state index is 12.8. The summed E-state index contributed by atoms with van der Waals surface area (Å²) in [5.74, 6) is 0.827. The molecule has 6 heteroatoms. The molecule has 0 unspecified atom stereocenters. The molecule has 62 heavy (non-hydrogen) atoms. The third-order valence-electron chi connectivity index (χ3n) is 12.7. The third-order valence-corrected chi connectivity index (χ3v) is 12.7. The topological polar surface area (TPSA) is 78.9 Å². The van der Waals surface area contributed by atoms with E-state index in [-0.39, 0.29) is 31.1 Å². The molecule has 0 spiro atoms. The summed E-state index contributed by atoms with van der Waals surface area (Å²) in [7, 11) is 0. The van der Waals surface area contributed by atoms with E-state index in [4.69, 9.17) is 14.2 Å². The van der Waals surface area contributed by atoms with Crippen LogP contribution in [-0.4, -0.2) is 37.2 Å². The highest BCUT2D eigenvalue weighted by molar-refractivity contribution is 5.71. The zero-order valence-corrected chi connectivity index (χ0v) is 42.5. The highest BCUT2D eigenvalue weighted by atomic mass is 16.6. The van der Waals surface area contributed by atoms with Crippen molar-refractivity contribution >= 4 is 17.9 Å². The van der Waals surface area contributed by atoms with E-state index >= 15 is 0 Å². The minimum atomic E-state index is -0.762. The lowest BCUT2D eigenvalue weighted by atomic mass is 10.0. The Balaban J connectivity index is 4.29. The number of ether oxygens (including phenoxy) is 3. The maximum absolute atomic E-state index is 12.8. The lowest BCUT2D eigenvalue weighted by Crippen LogP contribution is -2.30. The Morgan fingerprint density at radius 2 is 0.532 bits per heavy atom. The Morgan fingerprint density at radius 3 is 0.790 bits per heavy atom. The predicted octanol–water partition coefficient (Wildman–Crippen LogP) is 18.1. The molecule has 0 aliphatic rings. The lowest BCUT2D eigenvalue weighted by Gasteiger charge is -2.18. The van der Waals surface area contributed by atoms with E-state index in [0.717, 1.165) is 69.6 Å². The fourth-order valence-electron chi connectivity index (χ4n) is 8.52. The quantitative estimate of drug-likeness (QED) is 0.0344. The normalized spacial score (nSPS) is 12.0. The molecule has 0 saturated heterocycles. The Bertz CT molecular complexity index is 947. The molecule has 0 aromatic heterocycles. The molecule has 368 valence electrons. The first-order valence-corrected chi connectivity index (χ1v) is 27.7. The molecule has 0 aromatic carbocycles. The smallest absolute Gasteiger partial charge is 0.306 e. The summed E-state index contributed by atoms with van der Waals surface area (Å²) >= 11 is 0. The molecule has 0 rings (SSSR count).